The van der Waals surface area contributed by atoms with Gasteiger partial charge in [0.1, 0.15) is 13.2 Å². The first-order valence-electron chi connectivity index (χ1n) is 8.93. The van der Waals surface area contributed by atoms with Crippen molar-refractivity contribution >= 4 is 6.03 Å². The fourth-order valence-electron chi connectivity index (χ4n) is 3.32. The SMILES string of the molecule is CC1CN(C(=O)NCC(C)(C)c2ccc3c(c2)OCCO3)CC(C)O1. The smallest absolute Gasteiger partial charge is 0.317 e. The van der Waals surface area contributed by atoms with Crippen molar-refractivity contribution in [1.29, 1.82) is 0 Å². The summed E-state index contributed by atoms with van der Waals surface area (Å²) in [6, 6.07) is 5.96. The van der Waals surface area contributed by atoms with E-state index >= 15 is 0 Å². The third-order valence-electron chi connectivity index (χ3n) is 4.71. The molecule has 1 fully saturated rings. The van der Waals surface area contributed by atoms with Crippen LogP contribution in [-0.2, 0) is 10.2 Å². The van der Waals surface area contributed by atoms with Crippen LogP contribution in [0, 0.1) is 0 Å². The number of amides is 2. The lowest BCUT2D eigenvalue weighted by atomic mass is 9.84. The van der Waals surface area contributed by atoms with Crippen LogP contribution in [-0.4, -0.2) is 56.0 Å². The van der Waals surface area contributed by atoms with Crippen LogP contribution >= 0.6 is 0 Å². The molecule has 0 aromatic heterocycles. The summed E-state index contributed by atoms with van der Waals surface area (Å²) in [5.41, 5.74) is 0.899. The van der Waals surface area contributed by atoms with Crippen molar-refractivity contribution in [2.24, 2.45) is 0 Å². The normalized spacial score (nSPS) is 23.3. The van der Waals surface area contributed by atoms with Crippen molar-refractivity contribution in [3.05, 3.63) is 23.8 Å². The molecule has 1 aromatic carbocycles. The van der Waals surface area contributed by atoms with E-state index in [2.05, 4.69) is 19.2 Å². The van der Waals surface area contributed by atoms with Crippen molar-refractivity contribution in [2.45, 2.75) is 45.3 Å². The largest absolute Gasteiger partial charge is 0.486 e. The Kier molecular flexibility index (Phi) is 5.08. The number of nitrogens with one attached hydrogen (secondary N) is 1. The number of hydrogen-bond donors (Lipinski definition) is 1. The van der Waals surface area contributed by atoms with E-state index in [1.807, 2.05) is 36.9 Å². The molecule has 0 bridgehead atoms. The average Bonchev–Trinajstić information content (AvgIpc) is 2.58. The van der Waals surface area contributed by atoms with E-state index in [9.17, 15) is 4.79 Å². The maximum absolute atomic E-state index is 12.5. The number of urea groups is 1. The maximum atomic E-state index is 12.5. The van der Waals surface area contributed by atoms with Gasteiger partial charge in [0, 0.05) is 25.0 Å². The molecule has 3 rings (SSSR count). The van der Waals surface area contributed by atoms with Gasteiger partial charge in [0.15, 0.2) is 11.5 Å². The fraction of sp³-hybridized carbons (Fsp3) is 0.632. The summed E-state index contributed by atoms with van der Waals surface area (Å²) in [7, 11) is 0. The van der Waals surface area contributed by atoms with Gasteiger partial charge in [-0.2, -0.15) is 0 Å². The Morgan fingerprint density at radius 2 is 1.80 bits per heavy atom. The Morgan fingerprint density at radius 3 is 2.48 bits per heavy atom. The van der Waals surface area contributed by atoms with Crippen molar-refractivity contribution in [3.8, 4) is 11.5 Å². The van der Waals surface area contributed by atoms with E-state index in [1.165, 1.54) is 0 Å². The second-order valence-corrected chi connectivity index (χ2v) is 7.56. The minimum Gasteiger partial charge on any atom is -0.486 e. The number of fused-ring (bicyclic) bond motifs is 1. The molecule has 138 valence electrons. The number of ether oxygens (including phenoxy) is 3. The van der Waals surface area contributed by atoms with Crippen LogP contribution in [0.15, 0.2) is 18.2 Å². The minimum atomic E-state index is -0.213. The molecule has 2 atom stereocenters. The number of carbonyl (C=O) groups excluding carboxylic acids is 1. The van der Waals surface area contributed by atoms with Gasteiger partial charge < -0.3 is 24.4 Å². The molecule has 0 aliphatic carbocycles. The van der Waals surface area contributed by atoms with E-state index in [4.69, 9.17) is 14.2 Å². The highest BCUT2D eigenvalue weighted by molar-refractivity contribution is 5.74. The minimum absolute atomic E-state index is 0.0346. The van der Waals surface area contributed by atoms with Crippen LogP contribution in [0.1, 0.15) is 33.3 Å². The van der Waals surface area contributed by atoms with Crippen LogP contribution in [0.4, 0.5) is 4.79 Å². The van der Waals surface area contributed by atoms with Gasteiger partial charge >= 0.3 is 6.03 Å². The summed E-state index contributed by atoms with van der Waals surface area (Å²) >= 11 is 0. The molecule has 0 saturated carbocycles. The van der Waals surface area contributed by atoms with Gasteiger partial charge in [-0.25, -0.2) is 4.79 Å². The summed E-state index contributed by atoms with van der Waals surface area (Å²) < 4.78 is 16.9. The van der Waals surface area contributed by atoms with Gasteiger partial charge in [0.05, 0.1) is 12.2 Å². The molecule has 0 spiro atoms. The zero-order valence-corrected chi connectivity index (χ0v) is 15.5. The monoisotopic (exact) mass is 348 g/mol. The van der Waals surface area contributed by atoms with Crippen molar-refractivity contribution in [1.82, 2.24) is 10.2 Å². The third-order valence-corrected chi connectivity index (χ3v) is 4.71. The number of rotatable bonds is 3. The first-order valence-corrected chi connectivity index (χ1v) is 8.93. The molecule has 6 nitrogen and oxygen atoms in total. The number of hydrogen-bond acceptors (Lipinski definition) is 4. The first-order chi connectivity index (χ1) is 11.8. The van der Waals surface area contributed by atoms with E-state index in [0.717, 1.165) is 17.1 Å². The topological polar surface area (TPSA) is 60.0 Å². The van der Waals surface area contributed by atoms with Crippen LogP contribution in [0.3, 0.4) is 0 Å². The standard InChI is InChI=1S/C19H28N2O4/c1-13-10-21(11-14(2)25-13)18(22)20-12-19(3,4)15-5-6-16-17(9-15)24-8-7-23-16/h5-6,9,13-14H,7-8,10-12H2,1-4H3,(H,20,22). The molecule has 25 heavy (non-hydrogen) atoms. The number of nitrogens with zero attached hydrogens (tertiary/aromatic N) is 1. The Bertz CT molecular complexity index is 622. The molecule has 1 saturated heterocycles. The second kappa shape index (κ2) is 7.12. The summed E-state index contributed by atoms with van der Waals surface area (Å²) in [6.45, 7) is 11.2. The molecule has 2 heterocycles. The molecular formula is C19H28N2O4. The van der Waals surface area contributed by atoms with E-state index in [0.29, 0.717) is 32.8 Å². The molecule has 1 N–H and O–H groups in total. The summed E-state index contributed by atoms with van der Waals surface area (Å²) in [4.78, 5) is 14.3. The van der Waals surface area contributed by atoms with Crippen LogP contribution < -0.4 is 14.8 Å². The molecule has 0 radical (unpaired) electrons. The molecule has 6 heteroatoms. The molecule has 2 aliphatic heterocycles. The molecule has 1 aromatic rings. The lowest BCUT2D eigenvalue weighted by Crippen LogP contribution is -2.53. The van der Waals surface area contributed by atoms with Gasteiger partial charge in [0.25, 0.3) is 0 Å². The average molecular weight is 348 g/mol. The lowest BCUT2D eigenvalue weighted by molar-refractivity contribution is -0.0545. The van der Waals surface area contributed by atoms with Crippen molar-refractivity contribution < 1.29 is 19.0 Å². The molecule has 2 unspecified atom stereocenters. The molecule has 2 aliphatic rings. The quantitative estimate of drug-likeness (QED) is 0.912. The van der Waals surface area contributed by atoms with Crippen LogP contribution in [0.2, 0.25) is 0 Å². The van der Waals surface area contributed by atoms with Gasteiger partial charge in [0.2, 0.25) is 0 Å². The Labute approximate surface area is 149 Å². The summed E-state index contributed by atoms with van der Waals surface area (Å²) in [5.74, 6) is 1.56. The first kappa shape index (κ1) is 17.9. The second-order valence-electron chi connectivity index (χ2n) is 7.56. The van der Waals surface area contributed by atoms with Crippen molar-refractivity contribution in [3.63, 3.8) is 0 Å². The Hall–Kier alpha value is -1.95. The Balaban J connectivity index is 1.62. The highest BCUT2D eigenvalue weighted by Crippen LogP contribution is 2.34. The predicted octanol–water partition coefficient (Wildman–Crippen LogP) is 2.55. The van der Waals surface area contributed by atoms with Crippen LogP contribution in [0.5, 0.6) is 11.5 Å². The van der Waals surface area contributed by atoms with Gasteiger partial charge in [-0.3, -0.25) is 0 Å². The highest BCUT2D eigenvalue weighted by Gasteiger charge is 2.28. The van der Waals surface area contributed by atoms with Crippen molar-refractivity contribution in [2.75, 3.05) is 32.8 Å². The van der Waals surface area contributed by atoms with Crippen LogP contribution in [0.25, 0.3) is 0 Å². The zero-order valence-electron chi connectivity index (χ0n) is 15.5. The Morgan fingerprint density at radius 1 is 1.16 bits per heavy atom. The van der Waals surface area contributed by atoms with Gasteiger partial charge in [-0.15, -0.1) is 0 Å². The van der Waals surface area contributed by atoms with E-state index in [1.54, 1.807) is 0 Å². The number of carbonyl (C=O) groups is 1. The number of morpholine rings is 1. The fourth-order valence-corrected chi connectivity index (χ4v) is 3.32. The highest BCUT2D eigenvalue weighted by atomic mass is 16.6. The van der Waals surface area contributed by atoms with E-state index in [-0.39, 0.29) is 23.7 Å². The zero-order chi connectivity index (χ0) is 18.0. The molecule has 2 amide bonds. The van der Waals surface area contributed by atoms with E-state index < -0.39 is 0 Å². The lowest BCUT2D eigenvalue weighted by Gasteiger charge is -2.36. The predicted molar refractivity (Wildman–Crippen MR) is 95.4 cm³/mol. The van der Waals surface area contributed by atoms with Gasteiger partial charge in [-0.05, 0) is 31.5 Å². The molecular weight excluding hydrogens is 320 g/mol. The third kappa shape index (κ3) is 4.18. The van der Waals surface area contributed by atoms with Gasteiger partial charge in [-0.1, -0.05) is 19.9 Å². The number of benzene rings is 1. The summed E-state index contributed by atoms with van der Waals surface area (Å²) in [5, 5.41) is 3.07. The maximum Gasteiger partial charge on any atom is 0.317 e. The summed E-state index contributed by atoms with van der Waals surface area (Å²) in [6.07, 6.45) is 0.139.